The fraction of sp³-hybridized carbons (Fsp3) is 0.375. The summed E-state index contributed by atoms with van der Waals surface area (Å²) in [5, 5.41) is 1.98. The molecule has 3 amide bonds. The minimum absolute atomic E-state index is 0.0937. The predicted octanol–water partition coefficient (Wildman–Crippen LogP) is 5.22. The number of nitrogens with zero attached hydrogens (tertiary/aromatic N) is 1. The number of rotatable bonds is 9. The van der Waals surface area contributed by atoms with Gasteiger partial charge in [-0.1, -0.05) is 48.5 Å². The zero-order valence-electron chi connectivity index (χ0n) is 18.4. The largest absolute Gasteiger partial charge is 0.456 e. The molecular formula is C24H27ClN2O4S. The molecule has 0 bridgehead atoms. The molecule has 1 heterocycles. The second-order valence-electron chi connectivity index (χ2n) is 7.67. The average molecular weight is 475 g/mol. The summed E-state index contributed by atoms with van der Waals surface area (Å²) in [5.74, 6) is 0.998. The van der Waals surface area contributed by atoms with Gasteiger partial charge in [0.1, 0.15) is 11.5 Å². The van der Waals surface area contributed by atoms with E-state index in [9.17, 15) is 14.4 Å². The highest BCUT2D eigenvalue weighted by Gasteiger charge is 2.31. The van der Waals surface area contributed by atoms with Crippen LogP contribution < -0.4 is 10.1 Å². The molecule has 1 fully saturated rings. The monoisotopic (exact) mass is 474 g/mol. The number of hydrogen-bond donors (Lipinski definition) is 1. The van der Waals surface area contributed by atoms with Crippen LogP contribution in [-0.2, 0) is 22.4 Å². The molecule has 6 nitrogen and oxygen atoms in total. The lowest BCUT2D eigenvalue weighted by atomic mass is 10.0. The van der Waals surface area contributed by atoms with E-state index in [4.69, 9.17) is 16.3 Å². The Morgan fingerprint density at radius 3 is 2.38 bits per heavy atom. The van der Waals surface area contributed by atoms with Crippen molar-refractivity contribution in [3.8, 4) is 11.5 Å². The summed E-state index contributed by atoms with van der Waals surface area (Å²) in [6, 6.07) is 13.3. The van der Waals surface area contributed by atoms with Crippen LogP contribution in [0.2, 0.25) is 5.02 Å². The van der Waals surface area contributed by atoms with Crippen LogP contribution in [0.5, 0.6) is 11.5 Å². The van der Waals surface area contributed by atoms with Crippen LogP contribution in [0, 0.1) is 0 Å². The first kappa shape index (κ1) is 24.1. The maximum atomic E-state index is 11.9. The van der Waals surface area contributed by atoms with Crippen molar-refractivity contribution in [3.05, 3.63) is 58.6 Å². The van der Waals surface area contributed by atoms with Gasteiger partial charge in [-0.3, -0.25) is 19.7 Å². The smallest absolute Gasteiger partial charge is 0.286 e. The van der Waals surface area contributed by atoms with E-state index in [2.05, 4.69) is 12.2 Å². The first-order chi connectivity index (χ1) is 15.3. The van der Waals surface area contributed by atoms with Crippen LogP contribution in [0.4, 0.5) is 4.79 Å². The number of ether oxygens (including phenoxy) is 1. The number of likely N-dealkylation sites (N-methyl/N-ethyl adjacent to an activating group) is 1. The standard InChI is InChI=1S/C24H27ClN2O4S/c1-4-18(27(5-2)15(3)28)12-16-6-9-19(10-7-16)31-21-11-8-17(13-20(21)25)14-22-23(29)26-24(30)32-22/h6-11,13,18,22H,4-5,12,14H2,1-3H3,(H,26,29,30). The Balaban J connectivity index is 1.63. The lowest BCUT2D eigenvalue weighted by Gasteiger charge is -2.29. The van der Waals surface area contributed by atoms with Crippen molar-refractivity contribution in [1.82, 2.24) is 10.2 Å². The van der Waals surface area contributed by atoms with Gasteiger partial charge in [-0.25, -0.2) is 0 Å². The summed E-state index contributed by atoms with van der Waals surface area (Å²) in [7, 11) is 0. The Labute approximate surface area is 197 Å². The van der Waals surface area contributed by atoms with Crippen molar-refractivity contribution in [2.75, 3.05) is 6.54 Å². The highest BCUT2D eigenvalue weighted by atomic mass is 35.5. The average Bonchev–Trinajstić information content (AvgIpc) is 3.07. The van der Waals surface area contributed by atoms with E-state index in [1.165, 1.54) is 0 Å². The molecule has 0 aromatic heterocycles. The molecule has 2 unspecified atom stereocenters. The van der Waals surface area contributed by atoms with Gasteiger partial charge in [-0.15, -0.1) is 0 Å². The van der Waals surface area contributed by atoms with Crippen LogP contribution in [-0.4, -0.2) is 39.8 Å². The predicted molar refractivity (Wildman–Crippen MR) is 127 cm³/mol. The van der Waals surface area contributed by atoms with Crippen LogP contribution in [0.25, 0.3) is 0 Å². The molecule has 1 aliphatic rings. The van der Waals surface area contributed by atoms with Crippen molar-refractivity contribution in [3.63, 3.8) is 0 Å². The van der Waals surface area contributed by atoms with E-state index in [0.29, 0.717) is 29.5 Å². The summed E-state index contributed by atoms with van der Waals surface area (Å²) in [6.45, 7) is 6.40. The van der Waals surface area contributed by atoms with Crippen LogP contribution in [0.1, 0.15) is 38.3 Å². The Morgan fingerprint density at radius 2 is 1.84 bits per heavy atom. The first-order valence-electron chi connectivity index (χ1n) is 10.6. The van der Waals surface area contributed by atoms with Gasteiger partial charge in [0.2, 0.25) is 11.8 Å². The summed E-state index contributed by atoms with van der Waals surface area (Å²) < 4.78 is 5.93. The Hall–Kier alpha value is -2.51. The van der Waals surface area contributed by atoms with Crippen molar-refractivity contribution in [2.45, 2.75) is 51.3 Å². The van der Waals surface area contributed by atoms with E-state index in [1.807, 2.05) is 42.2 Å². The molecule has 0 saturated carbocycles. The third-order valence-electron chi connectivity index (χ3n) is 5.46. The quantitative estimate of drug-likeness (QED) is 0.539. The van der Waals surface area contributed by atoms with Gasteiger partial charge in [0.25, 0.3) is 5.24 Å². The van der Waals surface area contributed by atoms with Crippen LogP contribution in [0.3, 0.4) is 0 Å². The minimum atomic E-state index is -0.434. The van der Waals surface area contributed by atoms with E-state index >= 15 is 0 Å². The fourth-order valence-corrected chi connectivity index (χ4v) is 4.90. The number of carbonyl (C=O) groups is 3. The number of imide groups is 1. The van der Waals surface area contributed by atoms with Crippen molar-refractivity contribution < 1.29 is 19.1 Å². The molecule has 32 heavy (non-hydrogen) atoms. The maximum absolute atomic E-state index is 11.9. The Kier molecular flexibility index (Phi) is 8.21. The Morgan fingerprint density at radius 1 is 1.16 bits per heavy atom. The normalized spacial score (nSPS) is 16.6. The molecule has 2 atom stereocenters. The highest BCUT2D eigenvalue weighted by molar-refractivity contribution is 8.15. The van der Waals surface area contributed by atoms with Gasteiger partial charge in [-0.05, 0) is 61.6 Å². The van der Waals surface area contributed by atoms with Gasteiger partial charge >= 0.3 is 0 Å². The van der Waals surface area contributed by atoms with E-state index in [0.717, 1.165) is 35.7 Å². The summed E-state index contributed by atoms with van der Waals surface area (Å²) >= 11 is 7.39. The van der Waals surface area contributed by atoms with Crippen molar-refractivity contribution in [2.24, 2.45) is 0 Å². The number of amides is 3. The van der Waals surface area contributed by atoms with Gasteiger partial charge in [0.15, 0.2) is 0 Å². The summed E-state index contributed by atoms with van der Waals surface area (Å²) in [6.07, 6.45) is 2.10. The number of halogens is 1. The maximum Gasteiger partial charge on any atom is 0.286 e. The molecule has 0 radical (unpaired) electrons. The molecule has 2 aromatic rings. The Bertz CT molecular complexity index is 996. The second-order valence-corrected chi connectivity index (χ2v) is 9.25. The molecule has 170 valence electrons. The number of thioether (sulfide) groups is 1. The molecular weight excluding hydrogens is 448 g/mol. The molecule has 3 rings (SSSR count). The second kappa shape index (κ2) is 10.9. The van der Waals surface area contributed by atoms with Crippen molar-refractivity contribution >= 4 is 40.4 Å². The highest BCUT2D eigenvalue weighted by Crippen LogP contribution is 2.32. The lowest BCUT2D eigenvalue weighted by Crippen LogP contribution is -2.39. The molecule has 2 aromatic carbocycles. The number of benzene rings is 2. The van der Waals surface area contributed by atoms with Crippen LogP contribution in [0.15, 0.2) is 42.5 Å². The third kappa shape index (κ3) is 6.04. The first-order valence-corrected chi connectivity index (χ1v) is 11.9. The third-order valence-corrected chi connectivity index (χ3v) is 6.74. The molecule has 0 spiro atoms. The minimum Gasteiger partial charge on any atom is -0.456 e. The fourth-order valence-electron chi connectivity index (χ4n) is 3.80. The van der Waals surface area contributed by atoms with Gasteiger partial charge in [0, 0.05) is 19.5 Å². The van der Waals surface area contributed by atoms with E-state index in [-0.39, 0.29) is 23.1 Å². The molecule has 1 saturated heterocycles. The molecule has 1 N–H and O–H groups in total. The van der Waals surface area contributed by atoms with Gasteiger partial charge in [0.05, 0.1) is 10.3 Å². The number of carbonyl (C=O) groups excluding carboxylic acids is 3. The van der Waals surface area contributed by atoms with Gasteiger partial charge in [-0.2, -0.15) is 0 Å². The molecule has 8 heteroatoms. The molecule has 0 aliphatic carbocycles. The number of hydrogen-bond acceptors (Lipinski definition) is 5. The van der Waals surface area contributed by atoms with Crippen LogP contribution >= 0.6 is 23.4 Å². The zero-order chi connectivity index (χ0) is 23.3. The molecule has 1 aliphatic heterocycles. The number of nitrogens with one attached hydrogen (secondary N) is 1. The summed E-state index contributed by atoms with van der Waals surface area (Å²) in [4.78, 5) is 36.8. The lowest BCUT2D eigenvalue weighted by molar-refractivity contribution is -0.131. The van der Waals surface area contributed by atoms with E-state index in [1.54, 1.807) is 19.1 Å². The van der Waals surface area contributed by atoms with E-state index < -0.39 is 5.25 Å². The van der Waals surface area contributed by atoms with Gasteiger partial charge < -0.3 is 9.64 Å². The SMILES string of the molecule is CCC(Cc1ccc(Oc2ccc(CC3SC(=O)NC3=O)cc2Cl)cc1)N(CC)C(C)=O. The topological polar surface area (TPSA) is 75.7 Å². The zero-order valence-corrected chi connectivity index (χ0v) is 20.0. The van der Waals surface area contributed by atoms with Crippen molar-refractivity contribution in [1.29, 1.82) is 0 Å². The summed E-state index contributed by atoms with van der Waals surface area (Å²) in [5.41, 5.74) is 1.99.